The lowest BCUT2D eigenvalue weighted by Crippen LogP contribution is -2.33. The molecule has 8 heteroatoms. The Morgan fingerprint density at radius 3 is 2.76 bits per heavy atom. The van der Waals surface area contributed by atoms with Crippen LogP contribution in [0, 0.1) is 12.7 Å². The Hall–Kier alpha value is -2.22. The van der Waals surface area contributed by atoms with E-state index in [-0.39, 0.29) is 23.4 Å². The topological polar surface area (TPSA) is 75.2 Å². The molecular formula is C17H21FN4O2S. The van der Waals surface area contributed by atoms with E-state index in [1.165, 1.54) is 6.07 Å². The van der Waals surface area contributed by atoms with Crippen LogP contribution in [0.15, 0.2) is 30.3 Å². The number of benzene rings is 1. The van der Waals surface area contributed by atoms with Gasteiger partial charge in [-0.2, -0.15) is 0 Å². The standard InChI is InChI=1S/C17H21FN4O2S/c1-12-20-16(19-10-13-5-3-4-6-15(13)18)9-17(21-12)22(2)14-7-8-25(23,24)11-14/h3-6,9,14H,7-8,10-11H2,1-2H3,(H,19,20,21). The average Bonchev–Trinajstić information content (AvgIpc) is 2.93. The van der Waals surface area contributed by atoms with Gasteiger partial charge in [-0.15, -0.1) is 0 Å². The summed E-state index contributed by atoms with van der Waals surface area (Å²) in [4.78, 5) is 10.6. The molecule has 1 aromatic carbocycles. The van der Waals surface area contributed by atoms with Crippen molar-refractivity contribution in [1.29, 1.82) is 0 Å². The van der Waals surface area contributed by atoms with Crippen LogP contribution in [0.1, 0.15) is 17.8 Å². The van der Waals surface area contributed by atoms with Crippen LogP contribution in [0.2, 0.25) is 0 Å². The van der Waals surface area contributed by atoms with Crippen molar-refractivity contribution in [2.45, 2.75) is 25.9 Å². The molecule has 2 heterocycles. The lowest BCUT2D eigenvalue weighted by Gasteiger charge is -2.25. The molecule has 2 aromatic rings. The van der Waals surface area contributed by atoms with E-state index in [0.717, 1.165) is 0 Å². The number of hydrogen-bond acceptors (Lipinski definition) is 6. The zero-order valence-electron chi connectivity index (χ0n) is 14.2. The molecule has 1 atom stereocenters. The second-order valence-corrected chi connectivity index (χ2v) is 8.50. The van der Waals surface area contributed by atoms with E-state index in [9.17, 15) is 12.8 Å². The average molecular weight is 364 g/mol. The van der Waals surface area contributed by atoms with Gasteiger partial charge in [0.25, 0.3) is 0 Å². The molecular weight excluding hydrogens is 343 g/mol. The summed E-state index contributed by atoms with van der Waals surface area (Å²) in [7, 11) is -1.12. The highest BCUT2D eigenvalue weighted by molar-refractivity contribution is 7.91. The van der Waals surface area contributed by atoms with Crippen LogP contribution >= 0.6 is 0 Å². The van der Waals surface area contributed by atoms with E-state index in [0.29, 0.717) is 36.0 Å². The Balaban J connectivity index is 1.75. The number of halogens is 1. The first-order valence-electron chi connectivity index (χ1n) is 8.10. The minimum Gasteiger partial charge on any atom is -0.366 e. The second kappa shape index (κ2) is 6.95. The molecule has 0 aliphatic carbocycles. The predicted octanol–water partition coefficient (Wildman–Crippen LogP) is 2.16. The third kappa shape index (κ3) is 4.25. The molecule has 1 aromatic heterocycles. The zero-order chi connectivity index (χ0) is 18.0. The van der Waals surface area contributed by atoms with Gasteiger partial charge in [0.05, 0.1) is 11.5 Å². The summed E-state index contributed by atoms with van der Waals surface area (Å²) in [6, 6.07) is 8.24. The number of sulfone groups is 1. The highest BCUT2D eigenvalue weighted by atomic mass is 32.2. The Labute approximate surface area is 147 Å². The minimum atomic E-state index is -2.96. The molecule has 0 bridgehead atoms. The van der Waals surface area contributed by atoms with Crippen molar-refractivity contribution in [3.8, 4) is 0 Å². The van der Waals surface area contributed by atoms with Crippen molar-refractivity contribution < 1.29 is 12.8 Å². The van der Waals surface area contributed by atoms with Crippen molar-refractivity contribution in [2.24, 2.45) is 0 Å². The van der Waals surface area contributed by atoms with Crippen molar-refractivity contribution in [2.75, 3.05) is 28.8 Å². The van der Waals surface area contributed by atoms with Gasteiger partial charge in [0.2, 0.25) is 0 Å². The van der Waals surface area contributed by atoms with Crippen LogP contribution in [0.25, 0.3) is 0 Å². The summed E-state index contributed by atoms with van der Waals surface area (Å²) >= 11 is 0. The quantitative estimate of drug-likeness (QED) is 0.876. The van der Waals surface area contributed by atoms with Crippen molar-refractivity contribution in [3.05, 3.63) is 47.5 Å². The van der Waals surface area contributed by atoms with Gasteiger partial charge in [-0.25, -0.2) is 22.8 Å². The molecule has 0 radical (unpaired) electrons. The third-order valence-corrected chi connectivity index (χ3v) is 6.11. The van der Waals surface area contributed by atoms with Gasteiger partial charge >= 0.3 is 0 Å². The summed E-state index contributed by atoms with van der Waals surface area (Å²) in [6.07, 6.45) is 0.597. The summed E-state index contributed by atoms with van der Waals surface area (Å²) in [5.74, 6) is 1.90. The summed E-state index contributed by atoms with van der Waals surface area (Å²) < 4.78 is 37.1. The van der Waals surface area contributed by atoms with Crippen LogP contribution in [0.5, 0.6) is 0 Å². The molecule has 25 heavy (non-hydrogen) atoms. The summed E-state index contributed by atoms with van der Waals surface area (Å²) in [5, 5.41) is 3.11. The van der Waals surface area contributed by atoms with E-state index >= 15 is 0 Å². The Kier molecular flexibility index (Phi) is 4.89. The zero-order valence-corrected chi connectivity index (χ0v) is 15.1. The molecule has 1 aliphatic rings. The number of rotatable bonds is 5. The van der Waals surface area contributed by atoms with E-state index in [1.54, 1.807) is 31.2 Å². The Morgan fingerprint density at radius 1 is 1.32 bits per heavy atom. The Bertz CT molecular complexity index is 873. The molecule has 6 nitrogen and oxygen atoms in total. The molecule has 0 amide bonds. The first-order valence-corrected chi connectivity index (χ1v) is 9.92. The smallest absolute Gasteiger partial charge is 0.152 e. The van der Waals surface area contributed by atoms with Crippen molar-refractivity contribution >= 4 is 21.5 Å². The van der Waals surface area contributed by atoms with Crippen LogP contribution in [-0.2, 0) is 16.4 Å². The highest BCUT2D eigenvalue weighted by Gasteiger charge is 2.31. The van der Waals surface area contributed by atoms with Gasteiger partial charge in [0.1, 0.15) is 23.3 Å². The number of nitrogens with zero attached hydrogens (tertiary/aromatic N) is 3. The van der Waals surface area contributed by atoms with E-state index < -0.39 is 9.84 Å². The largest absolute Gasteiger partial charge is 0.366 e. The van der Waals surface area contributed by atoms with Gasteiger partial charge in [-0.05, 0) is 19.4 Å². The number of aromatic nitrogens is 2. The monoisotopic (exact) mass is 364 g/mol. The van der Waals surface area contributed by atoms with Crippen LogP contribution in [0.3, 0.4) is 0 Å². The van der Waals surface area contributed by atoms with E-state index in [4.69, 9.17) is 0 Å². The molecule has 134 valence electrons. The predicted molar refractivity (Wildman–Crippen MR) is 96.0 cm³/mol. The fourth-order valence-corrected chi connectivity index (χ4v) is 4.69. The van der Waals surface area contributed by atoms with Gasteiger partial charge in [-0.1, -0.05) is 18.2 Å². The normalized spacial score (nSPS) is 18.9. The molecule has 1 unspecified atom stereocenters. The number of hydrogen-bond donors (Lipinski definition) is 1. The highest BCUT2D eigenvalue weighted by Crippen LogP contribution is 2.23. The molecule has 1 fully saturated rings. The van der Waals surface area contributed by atoms with Crippen LogP contribution in [0.4, 0.5) is 16.0 Å². The molecule has 0 saturated carbocycles. The van der Waals surface area contributed by atoms with E-state index in [1.807, 2.05) is 11.9 Å². The fourth-order valence-electron chi connectivity index (χ4n) is 2.92. The summed E-state index contributed by atoms with van der Waals surface area (Å²) in [6.45, 7) is 2.08. The van der Waals surface area contributed by atoms with E-state index in [2.05, 4.69) is 15.3 Å². The molecule has 3 rings (SSSR count). The first kappa shape index (κ1) is 17.6. The number of aryl methyl sites for hydroxylation is 1. The molecule has 1 saturated heterocycles. The number of nitrogens with one attached hydrogen (secondary N) is 1. The lowest BCUT2D eigenvalue weighted by atomic mass is 10.2. The second-order valence-electron chi connectivity index (χ2n) is 6.27. The van der Waals surface area contributed by atoms with Gasteiger partial charge < -0.3 is 10.2 Å². The maximum Gasteiger partial charge on any atom is 0.152 e. The SMILES string of the molecule is Cc1nc(NCc2ccccc2F)cc(N(C)C2CCS(=O)(=O)C2)n1. The van der Waals surface area contributed by atoms with Gasteiger partial charge in [-0.3, -0.25) is 0 Å². The van der Waals surface area contributed by atoms with Gasteiger partial charge in [0, 0.05) is 31.3 Å². The van der Waals surface area contributed by atoms with Crippen molar-refractivity contribution in [1.82, 2.24) is 9.97 Å². The van der Waals surface area contributed by atoms with Crippen LogP contribution < -0.4 is 10.2 Å². The van der Waals surface area contributed by atoms with Crippen molar-refractivity contribution in [3.63, 3.8) is 0 Å². The first-order chi connectivity index (χ1) is 11.8. The molecule has 0 spiro atoms. The summed E-state index contributed by atoms with van der Waals surface area (Å²) in [5.41, 5.74) is 0.551. The third-order valence-electron chi connectivity index (χ3n) is 4.36. The number of anilines is 2. The van der Waals surface area contributed by atoms with Gasteiger partial charge in [0.15, 0.2) is 9.84 Å². The minimum absolute atomic E-state index is 0.0845. The molecule has 1 aliphatic heterocycles. The maximum atomic E-state index is 13.7. The Morgan fingerprint density at radius 2 is 2.08 bits per heavy atom. The maximum absolute atomic E-state index is 13.7. The van der Waals surface area contributed by atoms with Crippen LogP contribution in [-0.4, -0.2) is 43.0 Å². The lowest BCUT2D eigenvalue weighted by molar-refractivity contribution is 0.600. The fraction of sp³-hybridized carbons (Fsp3) is 0.412. The molecule has 1 N–H and O–H groups in total.